The first kappa shape index (κ1) is 17.3. The van der Waals surface area contributed by atoms with Gasteiger partial charge in [-0.25, -0.2) is 4.98 Å². The molecule has 1 rings (SSSR count). The summed E-state index contributed by atoms with van der Waals surface area (Å²) in [4.78, 5) is 8.57. The van der Waals surface area contributed by atoms with E-state index in [0.717, 1.165) is 6.42 Å². The van der Waals surface area contributed by atoms with E-state index in [1.807, 2.05) is 0 Å². The third-order valence-corrected chi connectivity index (χ3v) is 4.17. The molecule has 116 valence electrons. The van der Waals surface area contributed by atoms with E-state index in [2.05, 4.69) is 46.5 Å². The Balaban J connectivity index is 2.92. The van der Waals surface area contributed by atoms with Gasteiger partial charge in [0.1, 0.15) is 5.82 Å². The normalized spacial score (nSPS) is 12.3. The van der Waals surface area contributed by atoms with Gasteiger partial charge in [-0.1, -0.05) is 67.2 Å². The summed E-state index contributed by atoms with van der Waals surface area (Å²) < 4.78 is 0. The van der Waals surface area contributed by atoms with E-state index < -0.39 is 0 Å². The van der Waals surface area contributed by atoms with E-state index in [1.165, 1.54) is 55.7 Å². The molecule has 0 saturated heterocycles. The monoisotopic (exact) mass is 278 g/mol. The second-order valence-corrected chi connectivity index (χ2v) is 7.05. The number of nitrogens with one attached hydrogen (secondary N) is 1. The van der Waals surface area contributed by atoms with Crippen LogP contribution in [0, 0.1) is 0 Å². The van der Waals surface area contributed by atoms with Gasteiger partial charge >= 0.3 is 0 Å². The Morgan fingerprint density at radius 2 is 1.70 bits per heavy atom. The molecule has 2 heteroatoms. The third kappa shape index (κ3) is 4.64. The lowest BCUT2D eigenvalue weighted by Crippen LogP contribution is -2.20. The zero-order chi connectivity index (χ0) is 15.2. The van der Waals surface area contributed by atoms with Crippen LogP contribution >= 0.6 is 0 Å². The zero-order valence-electron chi connectivity index (χ0n) is 14.5. The Kier molecular flexibility index (Phi) is 6.78. The van der Waals surface area contributed by atoms with Crippen molar-refractivity contribution in [2.75, 3.05) is 0 Å². The SMILES string of the molecule is CCCCCC(C)(C)c1nc(CCCC)[nH]c1C(C)C. The van der Waals surface area contributed by atoms with Gasteiger partial charge in [0.25, 0.3) is 0 Å². The summed E-state index contributed by atoms with van der Waals surface area (Å²) in [5.74, 6) is 1.72. The molecule has 0 amide bonds. The van der Waals surface area contributed by atoms with Crippen molar-refractivity contribution in [3.05, 3.63) is 17.2 Å². The van der Waals surface area contributed by atoms with Crippen LogP contribution in [0.15, 0.2) is 0 Å². The highest BCUT2D eigenvalue weighted by molar-refractivity contribution is 5.25. The maximum Gasteiger partial charge on any atom is 0.106 e. The summed E-state index contributed by atoms with van der Waals surface area (Å²) in [5, 5.41) is 0. The lowest BCUT2D eigenvalue weighted by molar-refractivity contribution is 0.434. The number of aromatic nitrogens is 2. The number of aromatic amines is 1. The molecule has 0 aliphatic rings. The fourth-order valence-corrected chi connectivity index (χ4v) is 2.77. The Labute approximate surface area is 125 Å². The van der Waals surface area contributed by atoms with Crippen LogP contribution in [0.2, 0.25) is 0 Å². The number of hydrogen-bond acceptors (Lipinski definition) is 1. The molecule has 2 nitrogen and oxygen atoms in total. The predicted octanol–water partition coefficient (Wildman–Crippen LogP) is 5.73. The van der Waals surface area contributed by atoms with Crippen LogP contribution in [-0.2, 0) is 11.8 Å². The quantitative estimate of drug-likeness (QED) is 0.574. The predicted molar refractivity (Wildman–Crippen MR) is 88.5 cm³/mol. The zero-order valence-corrected chi connectivity index (χ0v) is 14.5. The number of hydrogen-bond donors (Lipinski definition) is 1. The number of rotatable bonds is 9. The lowest BCUT2D eigenvalue weighted by atomic mass is 9.81. The van der Waals surface area contributed by atoms with Crippen LogP contribution in [0.25, 0.3) is 0 Å². The lowest BCUT2D eigenvalue weighted by Gasteiger charge is -2.25. The Morgan fingerprint density at radius 3 is 2.25 bits per heavy atom. The van der Waals surface area contributed by atoms with E-state index in [0.29, 0.717) is 5.92 Å². The molecule has 0 aliphatic carbocycles. The Bertz CT molecular complexity index is 388. The van der Waals surface area contributed by atoms with Gasteiger partial charge in [-0.05, 0) is 18.8 Å². The van der Waals surface area contributed by atoms with Crippen LogP contribution in [0.1, 0.15) is 103 Å². The molecule has 0 aromatic carbocycles. The molecule has 1 aromatic rings. The van der Waals surface area contributed by atoms with Crippen molar-refractivity contribution in [2.24, 2.45) is 0 Å². The molecule has 0 bridgehead atoms. The first-order chi connectivity index (χ1) is 9.42. The van der Waals surface area contributed by atoms with Crippen LogP contribution < -0.4 is 0 Å². The summed E-state index contributed by atoms with van der Waals surface area (Å²) in [6.45, 7) is 13.7. The minimum atomic E-state index is 0.190. The molecule has 0 radical (unpaired) electrons. The van der Waals surface area contributed by atoms with Crippen molar-refractivity contribution in [2.45, 2.75) is 97.8 Å². The fraction of sp³-hybridized carbons (Fsp3) is 0.833. The molecule has 1 heterocycles. The molecular formula is C18H34N2. The minimum absolute atomic E-state index is 0.190. The van der Waals surface area contributed by atoms with Gasteiger partial charge in [0.05, 0.1) is 5.69 Å². The van der Waals surface area contributed by atoms with E-state index in [9.17, 15) is 0 Å². The van der Waals surface area contributed by atoms with Crippen molar-refractivity contribution < 1.29 is 0 Å². The first-order valence-corrected chi connectivity index (χ1v) is 8.51. The molecule has 0 spiro atoms. The number of H-pyrrole nitrogens is 1. The number of imidazole rings is 1. The van der Waals surface area contributed by atoms with Crippen LogP contribution in [0.4, 0.5) is 0 Å². The molecular weight excluding hydrogens is 244 g/mol. The fourth-order valence-electron chi connectivity index (χ4n) is 2.77. The van der Waals surface area contributed by atoms with Gasteiger partial charge in [0, 0.05) is 17.5 Å². The van der Waals surface area contributed by atoms with Crippen molar-refractivity contribution in [1.82, 2.24) is 9.97 Å². The number of aryl methyl sites for hydroxylation is 1. The maximum absolute atomic E-state index is 4.96. The summed E-state index contributed by atoms with van der Waals surface area (Å²) in [6.07, 6.45) is 8.69. The van der Waals surface area contributed by atoms with Crippen LogP contribution in [-0.4, -0.2) is 9.97 Å². The molecule has 0 atom stereocenters. The molecule has 0 unspecified atom stereocenters. The molecule has 1 N–H and O–H groups in total. The summed E-state index contributed by atoms with van der Waals surface area (Å²) in [6, 6.07) is 0. The second-order valence-electron chi connectivity index (χ2n) is 7.05. The Hall–Kier alpha value is -0.790. The largest absolute Gasteiger partial charge is 0.345 e. The summed E-state index contributed by atoms with van der Waals surface area (Å²) in [7, 11) is 0. The van der Waals surface area contributed by atoms with Crippen molar-refractivity contribution in [3.8, 4) is 0 Å². The van der Waals surface area contributed by atoms with Crippen molar-refractivity contribution in [1.29, 1.82) is 0 Å². The van der Waals surface area contributed by atoms with Gasteiger partial charge in [-0.15, -0.1) is 0 Å². The highest BCUT2D eigenvalue weighted by Gasteiger charge is 2.28. The average molecular weight is 278 g/mol. The number of nitrogens with zero attached hydrogens (tertiary/aromatic N) is 1. The van der Waals surface area contributed by atoms with Crippen molar-refractivity contribution in [3.63, 3.8) is 0 Å². The standard InChI is InChI=1S/C18H34N2/c1-7-9-11-13-18(5,6)17-16(14(3)4)19-15(20-17)12-10-8-2/h14H,7-13H2,1-6H3,(H,19,20). The molecule has 0 aliphatic heterocycles. The van der Waals surface area contributed by atoms with Gasteiger partial charge in [-0.3, -0.25) is 0 Å². The van der Waals surface area contributed by atoms with E-state index >= 15 is 0 Å². The molecule has 20 heavy (non-hydrogen) atoms. The van der Waals surface area contributed by atoms with Gasteiger partial charge < -0.3 is 4.98 Å². The molecule has 1 aromatic heterocycles. The van der Waals surface area contributed by atoms with E-state index in [4.69, 9.17) is 4.98 Å². The van der Waals surface area contributed by atoms with Gasteiger partial charge in [0.15, 0.2) is 0 Å². The van der Waals surface area contributed by atoms with Gasteiger partial charge in [0.2, 0.25) is 0 Å². The van der Waals surface area contributed by atoms with Crippen LogP contribution in [0.5, 0.6) is 0 Å². The third-order valence-electron chi connectivity index (χ3n) is 4.17. The molecule has 0 fully saturated rings. The number of unbranched alkanes of at least 4 members (excludes halogenated alkanes) is 3. The summed E-state index contributed by atoms with van der Waals surface area (Å²) >= 11 is 0. The smallest absolute Gasteiger partial charge is 0.106 e. The highest BCUT2D eigenvalue weighted by atomic mass is 14.9. The topological polar surface area (TPSA) is 28.7 Å². The first-order valence-electron chi connectivity index (χ1n) is 8.51. The molecule has 0 saturated carbocycles. The van der Waals surface area contributed by atoms with Crippen LogP contribution in [0.3, 0.4) is 0 Å². The second kappa shape index (κ2) is 7.85. The van der Waals surface area contributed by atoms with Crippen molar-refractivity contribution >= 4 is 0 Å². The maximum atomic E-state index is 4.96. The summed E-state index contributed by atoms with van der Waals surface area (Å²) in [5.41, 5.74) is 2.86. The Morgan fingerprint density at radius 1 is 1.05 bits per heavy atom. The average Bonchev–Trinajstić information content (AvgIpc) is 2.81. The van der Waals surface area contributed by atoms with Gasteiger partial charge in [-0.2, -0.15) is 0 Å². The van der Waals surface area contributed by atoms with E-state index in [-0.39, 0.29) is 5.41 Å². The highest BCUT2D eigenvalue weighted by Crippen LogP contribution is 2.33. The minimum Gasteiger partial charge on any atom is -0.345 e. The van der Waals surface area contributed by atoms with E-state index in [1.54, 1.807) is 0 Å².